The predicted octanol–water partition coefficient (Wildman–Crippen LogP) is 1.09. The molecule has 4 rings (SSSR count). The van der Waals surface area contributed by atoms with Crippen LogP contribution in [0.3, 0.4) is 0 Å². The Balaban J connectivity index is 1.36. The summed E-state index contributed by atoms with van der Waals surface area (Å²) in [4.78, 5) is 20.8. The Hall–Kier alpha value is -2.70. The van der Waals surface area contributed by atoms with Gasteiger partial charge in [-0.05, 0) is 37.1 Å². The molecule has 2 aliphatic rings. The van der Waals surface area contributed by atoms with Crippen LogP contribution >= 0.6 is 0 Å². The Kier molecular flexibility index (Phi) is 3.98. The fourth-order valence-electron chi connectivity index (χ4n) is 2.81. The van der Waals surface area contributed by atoms with Crippen molar-refractivity contribution in [2.75, 3.05) is 36.0 Å². The van der Waals surface area contributed by atoms with E-state index in [1.165, 1.54) is 0 Å². The third kappa shape index (κ3) is 3.29. The second-order valence-electron chi connectivity index (χ2n) is 6.19. The first kappa shape index (κ1) is 14.9. The number of nitrogens with one attached hydrogen (secondary N) is 1. The molecule has 1 N–H and O–H groups in total. The number of carbonyl (C=O) groups is 1. The molecular formula is C17H20N6O. The molecule has 3 heterocycles. The number of hydrogen-bond donors (Lipinski definition) is 1. The van der Waals surface area contributed by atoms with Crippen molar-refractivity contribution in [3.05, 3.63) is 42.2 Å². The number of piperazine rings is 1. The SMILES string of the molecule is O=C(NC1CC1)c1ccc(N2CCN(c3ccccn3)CC2)nn1. The van der Waals surface area contributed by atoms with Crippen molar-refractivity contribution < 1.29 is 4.79 Å². The highest BCUT2D eigenvalue weighted by molar-refractivity contribution is 5.92. The van der Waals surface area contributed by atoms with Crippen LogP contribution in [0.15, 0.2) is 36.5 Å². The first-order valence-corrected chi connectivity index (χ1v) is 8.35. The van der Waals surface area contributed by atoms with Crippen molar-refractivity contribution in [1.82, 2.24) is 20.5 Å². The summed E-state index contributed by atoms with van der Waals surface area (Å²) in [7, 11) is 0. The maximum atomic E-state index is 11.9. The number of aromatic nitrogens is 3. The van der Waals surface area contributed by atoms with Gasteiger partial charge in [-0.3, -0.25) is 4.79 Å². The van der Waals surface area contributed by atoms with Crippen molar-refractivity contribution in [3.63, 3.8) is 0 Å². The van der Waals surface area contributed by atoms with Crippen molar-refractivity contribution in [1.29, 1.82) is 0 Å². The molecule has 2 aromatic heterocycles. The monoisotopic (exact) mass is 324 g/mol. The van der Waals surface area contributed by atoms with Gasteiger partial charge in [0.2, 0.25) is 0 Å². The predicted molar refractivity (Wildman–Crippen MR) is 91.2 cm³/mol. The molecule has 124 valence electrons. The number of rotatable bonds is 4. The average molecular weight is 324 g/mol. The molecule has 0 aromatic carbocycles. The number of pyridine rings is 1. The number of hydrogen-bond acceptors (Lipinski definition) is 6. The van der Waals surface area contributed by atoms with Crippen LogP contribution in [0.5, 0.6) is 0 Å². The van der Waals surface area contributed by atoms with Crippen LogP contribution in [0.1, 0.15) is 23.3 Å². The lowest BCUT2D eigenvalue weighted by Crippen LogP contribution is -2.47. The van der Waals surface area contributed by atoms with Crippen LogP contribution in [0.25, 0.3) is 0 Å². The summed E-state index contributed by atoms with van der Waals surface area (Å²) < 4.78 is 0. The van der Waals surface area contributed by atoms with Crippen LogP contribution in [-0.4, -0.2) is 53.3 Å². The summed E-state index contributed by atoms with van der Waals surface area (Å²) >= 11 is 0. The first-order chi connectivity index (χ1) is 11.8. The second-order valence-corrected chi connectivity index (χ2v) is 6.19. The minimum Gasteiger partial charge on any atom is -0.353 e. The third-order valence-corrected chi connectivity index (χ3v) is 4.37. The lowest BCUT2D eigenvalue weighted by Gasteiger charge is -2.35. The van der Waals surface area contributed by atoms with Gasteiger partial charge in [0.1, 0.15) is 5.82 Å². The molecule has 1 aliphatic heterocycles. The number of amides is 1. The highest BCUT2D eigenvalue weighted by Crippen LogP contribution is 2.20. The zero-order chi connectivity index (χ0) is 16.4. The van der Waals surface area contributed by atoms with E-state index in [-0.39, 0.29) is 5.91 Å². The molecule has 2 aromatic rings. The Bertz CT molecular complexity index is 693. The van der Waals surface area contributed by atoms with Crippen LogP contribution in [-0.2, 0) is 0 Å². The number of nitrogens with zero attached hydrogens (tertiary/aromatic N) is 5. The quantitative estimate of drug-likeness (QED) is 0.907. The molecule has 0 atom stereocenters. The van der Waals surface area contributed by atoms with Gasteiger partial charge < -0.3 is 15.1 Å². The topological polar surface area (TPSA) is 74.2 Å². The van der Waals surface area contributed by atoms with Gasteiger partial charge in [0.15, 0.2) is 11.5 Å². The van der Waals surface area contributed by atoms with Gasteiger partial charge in [-0.25, -0.2) is 4.98 Å². The largest absolute Gasteiger partial charge is 0.353 e. The van der Waals surface area contributed by atoms with E-state index in [9.17, 15) is 4.79 Å². The van der Waals surface area contributed by atoms with Gasteiger partial charge >= 0.3 is 0 Å². The lowest BCUT2D eigenvalue weighted by molar-refractivity contribution is 0.0945. The summed E-state index contributed by atoms with van der Waals surface area (Å²) in [5.41, 5.74) is 0.387. The van der Waals surface area contributed by atoms with Crippen LogP contribution < -0.4 is 15.1 Å². The fraction of sp³-hybridized carbons (Fsp3) is 0.412. The van der Waals surface area contributed by atoms with Gasteiger partial charge in [0, 0.05) is 38.4 Å². The molecule has 2 fully saturated rings. The molecule has 7 nitrogen and oxygen atoms in total. The van der Waals surface area contributed by atoms with Crippen molar-refractivity contribution in [2.24, 2.45) is 0 Å². The Morgan fingerprint density at radius 3 is 2.29 bits per heavy atom. The van der Waals surface area contributed by atoms with Gasteiger partial charge in [-0.1, -0.05) is 6.07 Å². The average Bonchev–Trinajstić information content (AvgIpc) is 3.47. The standard InChI is InChI=1S/C17H20N6O/c24-17(19-13-4-5-13)14-6-7-16(21-20-14)23-11-9-22(10-12-23)15-3-1-2-8-18-15/h1-3,6-8,13H,4-5,9-12H2,(H,19,24). The summed E-state index contributed by atoms with van der Waals surface area (Å²) in [6.07, 6.45) is 3.95. The van der Waals surface area contributed by atoms with Gasteiger partial charge in [-0.2, -0.15) is 0 Å². The summed E-state index contributed by atoms with van der Waals surface area (Å²) in [6.45, 7) is 3.50. The van der Waals surface area contributed by atoms with E-state index < -0.39 is 0 Å². The Morgan fingerprint density at radius 1 is 0.958 bits per heavy atom. The molecule has 0 spiro atoms. The van der Waals surface area contributed by atoms with E-state index in [1.807, 2.05) is 30.5 Å². The Morgan fingerprint density at radius 2 is 1.71 bits per heavy atom. The molecular weight excluding hydrogens is 304 g/mol. The summed E-state index contributed by atoms with van der Waals surface area (Å²) in [5, 5.41) is 11.2. The molecule has 1 aliphatic carbocycles. The molecule has 24 heavy (non-hydrogen) atoms. The minimum atomic E-state index is -0.128. The van der Waals surface area contributed by atoms with E-state index >= 15 is 0 Å². The normalized spacial score (nSPS) is 17.7. The Labute approximate surface area is 140 Å². The van der Waals surface area contributed by atoms with Crippen molar-refractivity contribution in [3.8, 4) is 0 Å². The molecule has 1 saturated heterocycles. The number of anilines is 2. The molecule has 0 bridgehead atoms. The van der Waals surface area contributed by atoms with E-state index in [4.69, 9.17) is 0 Å². The van der Waals surface area contributed by atoms with E-state index in [2.05, 4.69) is 30.3 Å². The smallest absolute Gasteiger partial charge is 0.272 e. The highest BCUT2D eigenvalue weighted by atomic mass is 16.2. The second kappa shape index (κ2) is 6.43. The third-order valence-electron chi connectivity index (χ3n) is 4.37. The van der Waals surface area contributed by atoms with Gasteiger partial charge in [0.05, 0.1) is 0 Å². The van der Waals surface area contributed by atoms with Crippen LogP contribution in [0.2, 0.25) is 0 Å². The lowest BCUT2D eigenvalue weighted by atomic mass is 10.3. The summed E-state index contributed by atoms with van der Waals surface area (Å²) in [6, 6.07) is 9.93. The first-order valence-electron chi connectivity index (χ1n) is 8.35. The molecule has 1 saturated carbocycles. The highest BCUT2D eigenvalue weighted by Gasteiger charge is 2.25. The zero-order valence-electron chi connectivity index (χ0n) is 13.4. The van der Waals surface area contributed by atoms with E-state index in [0.29, 0.717) is 11.7 Å². The molecule has 0 radical (unpaired) electrons. The van der Waals surface area contributed by atoms with Crippen LogP contribution in [0, 0.1) is 0 Å². The van der Waals surface area contributed by atoms with Crippen LogP contribution in [0.4, 0.5) is 11.6 Å². The van der Waals surface area contributed by atoms with Crippen molar-refractivity contribution in [2.45, 2.75) is 18.9 Å². The summed E-state index contributed by atoms with van der Waals surface area (Å²) in [5.74, 6) is 1.70. The number of carbonyl (C=O) groups excluding carboxylic acids is 1. The maximum absolute atomic E-state index is 11.9. The maximum Gasteiger partial charge on any atom is 0.272 e. The van der Waals surface area contributed by atoms with Gasteiger partial charge in [-0.15, -0.1) is 10.2 Å². The molecule has 1 amide bonds. The molecule has 0 unspecified atom stereocenters. The minimum absolute atomic E-state index is 0.128. The van der Waals surface area contributed by atoms with Gasteiger partial charge in [0.25, 0.3) is 5.91 Å². The molecule has 7 heteroatoms. The van der Waals surface area contributed by atoms with Crippen molar-refractivity contribution >= 4 is 17.5 Å². The van der Waals surface area contributed by atoms with E-state index in [1.54, 1.807) is 6.07 Å². The van der Waals surface area contributed by atoms with E-state index in [0.717, 1.165) is 50.7 Å². The fourth-order valence-corrected chi connectivity index (χ4v) is 2.81. The zero-order valence-corrected chi connectivity index (χ0v) is 13.4.